The highest BCUT2D eigenvalue weighted by Crippen LogP contribution is 2.49. The fourth-order valence-electron chi connectivity index (χ4n) is 12.0. The van der Waals surface area contributed by atoms with Gasteiger partial charge in [0.25, 0.3) is 0 Å². The zero-order valence-electron chi connectivity index (χ0n) is 40.8. The molecule has 6 heterocycles. The molecule has 1 atom stereocenters. The Morgan fingerprint density at radius 1 is 0.316 bits per heavy atom. The summed E-state index contributed by atoms with van der Waals surface area (Å²) in [5, 5.41) is 14.4. The van der Waals surface area contributed by atoms with Crippen LogP contribution >= 0.6 is 0 Å². The van der Waals surface area contributed by atoms with Gasteiger partial charge in [0, 0.05) is 77.3 Å². The van der Waals surface area contributed by atoms with E-state index < -0.39 is 6.29 Å². The van der Waals surface area contributed by atoms with Gasteiger partial charge in [-0.05, 0) is 42.0 Å². The van der Waals surface area contributed by atoms with Crippen molar-refractivity contribution in [1.29, 1.82) is 0 Å². The van der Waals surface area contributed by atoms with Gasteiger partial charge in [-0.1, -0.05) is 206 Å². The molecule has 0 saturated carbocycles. The SMILES string of the molecule is C1=NC(n2c3ccccc3c3ccc4c5ccc6c7ccc8c9ccccc9n(-c9nc(-c%10ccccc%10)nc(-c%10ccccc%10)n9)c8c7n(-c7ccccc7)c6c5n(-c5ccccc5)c4c32)[N-]C(c2ccccc2)=C1. The fourth-order valence-corrected chi connectivity index (χ4v) is 12.0. The summed E-state index contributed by atoms with van der Waals surface area (Å²) in [6, 6.07) is 83.6. The van der Waals surface area contributed by atoms with E-state index in [0.717, 1.165) is 121 Å². The number of allylic oxidation sites excluding steroid dienone is 1. The number of hydrogen-bond donors (Lipinski definition) is 0. The zero-order valence-corrected chi connectivity index (χ0v) is 40.8. The third kappa shape index (κ3) is 6.20. The van der Waals surface area contributed by atoms with Gasteiger partial charge in [-0.15, -0.1) is 5.70 Å². The predicted molar refractivity (Wildman–Crippen MR) is 312 cm³/mol. The summed E-state index contributed by atoms with van der Waals surface area (Å²) in [5.74, 6) is 1.74. The van der Waals surface area contributed by atoms with E-state index in [4.69, 9.17) is 25.3 Å². The van der Waals surface area contributed by atoms with Gasteiger partial charge < -0.3 is 19.0 Å². The maximum atomic E-state index is 5.41. The van der Waals surface area contributed by atoms with E-state index in [1.54, 1.807) is 0 Å². The van der Waals surface area contributed by atoms with Crippen molar-refractivity contribution in [3.8, 4) is 40.1 Å². The molecule has 10 aromatic carbocycles. The zero-order chi connectivity index (χ0) is 49.8. The van der Waals surface area contributed by atoms with Gasteiger partial charge in [-0.25, -0.2) is 4.98 Å². The maximum absolute atomic E-state index is 5.41. The number of aliphatic imine (C=N–C) groups is 1. The Hall–Kier alpha value is -10.4. The van der Waals surface area contributed by atoms with Crippen molar-refractivity contribution in [3.63, 3.8) is 0 Å². The molecule has 15 aromatic rings. The van der Waals surface area contributed by atoms with Gasteiger partial charge in [0.2, 0.25) is 5.95 Å². The second-order valence-electron chi connectivity index (χ2n) is 19.4. The molecular weight excluding hydrogens is 931 g/mol. The molecule has 0 bridgehead atoms. The third-order valence-electron chi connectivity index (χ3n) is 15.2. The Morgan fingerprint density at radius 2 is 0.697 bits per heavy atom. The first kappa shape index (κ1) is 42.2. The average molecular weight is 973 g/mol. The van der Waals surface area contributed by atoms with Crippen molar-refractivity contribution in [3.05, 3.63) is 254 Å². The van der Waals surface area contributed by atoms with E-state index in [-0.39, 0.29) is 0 Å². The fraction of sp³-hybridized carbons (Fsp3) is 0.0149. The first-order valence-corrected chi connectivity index (χ1v) is 25.6. The van der Waals surface area contributed by atoms with E-state index in [2.05, 4.69) is 212 Å². The highest BCUT2D eigenvalue weighted by atomic mass is 15.3. The van der Waals surface area contributed by atoms with Crippen LogP contribution in [0.1, 0.15) is 11.9 Å². The molecule has 9 nitrogen and oxygen atoms in total. The van der Waals surface area contributed by atoms with E-state index in [1.807, 2.05) is 54.8 Å². The van der Waals surface area contributed by atoms with Crippen LogP contribution in [-0.2, 0) is 0 Å². The number of hydrogen-bond acceptors (Lipinski definition) is 4. The van der Waals surface area contributed by atoms with Crippen LogP contribution in [0.5, 0.6) is 0 Å². The summed E-state index contributed by atoms with van der Waals surface area (Å²) in [5.41, 5.74) is 14.3. The van der Waals surface area contributed by atoms with Crippen molar-refractivity contribution in [1.82, 2.24) is 33.2 Å². The van der Waals surface area contributed by atoms with Crippen LogP contribution < -0.4 is 0 Å². The van der Waals surface area contributed by atoms with Gasteiger partial charge in [0.05, 0.1) is 44.9 Å². The first-order valence-electron chi connectivity index (χ1n) is 25.6. The van der Waals surface area contributed by atoms with Gasteiger partial charge >= 0.3 is 0 Å². The maximum Gasteiger partial charge on any atom is 0.238 e. The molecule has 1 aliphatic rings. The van der Waals surface area contributed by atoms with Gasteiger partial charge in [0.15, 0.2) is 11.6 Å². The van der Waals surface area contributed by atoms with Gasteiger partial charge in [0.1, 0.15) is 0 Å². The van der Waals surface area contributed by atoms with Crippen LogP contribution in [0.2, 0.25) is 0 Å². The lowest BCUT2D eigenvalue weighted by molar-refractivity contribution is 0.662. The molecule has 1 unspecified atom stereocenters. The second-order valence-corrected chi connectivity index (χ2v) is 19.4. The quantitative estimate of drug-likeness (QED) is 0.159. The second kappa shape index (κ2) is 16.6. The van der Waals surface area contributed by atoms with E-state index in [0.29, 0.717) is 17.6 Å². The first-order chi connectivity index (χ1) is 37.7. The minimum Gasteiger partial charge on any atom is -0.646 e. The van der Waals surface area contributed by atoms with Gasteiger partial charge in [-0.3, -0.25) is 9.56 Å². The largest absolute Gasteiger partial charge is 0.646 e. The van der Waals surface area contributed by atoms with E-state index >= 15 is 0 Å². The molecule has 356 valence electrons. The summed E-state index contributed by atoms with van der Waals surface area (Å²) >= 11 is 0. The summed E-state index contributed by atoms with van der Waals surface area (Å²) in [7, 11) is 0. The molecule has 0 aliphatic carbocycles. The number of benzene rings is 10. The van der Waals surface area contributed by atoms with E-state index in [9.17, 15) is 0 Å². The monoisotopic (exact) mass is 972 g/mol. The van der Waals surface area contributed by atoms with Crippen LogP contribution in [0.15, 0.2) is 248 Å². The Balaban J connectivity index is 1.07. The Morgan fingerprint density at radius 3 is 1.21 bits per heavy atom. The highest BCUT2D eigenvalue weighted by Gasteiger charge is 2.28. The normalized spacial score (nSPS) is 13.8. The number of rotatable bonds is 7. The number of fused-ring (bicyclic) bond motifs is 15. The highest BCUT2D eigenvalue weighted by molar-refractivity contribution is 6.31. The van der Waals surface area contributed by atoms with Crippen LogP contribution in [0.3, 0.4) is 0 Å². The molecule has 0 radical (unpaired) electrons. The summed E-state index contributed by atoms with van der Waals surface area (Å²) in [4.78, 5) is 21.0. The van der Waals surface area contributed by atoms with Gasteiger partial charge in [-0.2, -0.15) is 9.97 Å². The average Bonchev–Trinajstić information content (AvgIpc) is 4.42. The molecule has 0 saturated heterocycles. The predicted octanol–water partition coefficient (Wildman–Crippen LogP) is 16.6. The molecule has 0 fully saturated rings. The van der Waals surface area contributed by atoms with Crippen molar-refractivity contribution in [2.24, 2.45) is 4.99 Å². The number of para-hydroxylation sites is 4. The Labute approximate surface area is 435 Å². The minimum absolute atomic E-state index is 0.538. The Bertz CT molecular complexity index is 4820. The molecular formula is C67H42N9-. The lowest BCUT2D eigenvalue weighted by Crippen LogP contribution is -2.10. The molecule has 76 heavy (non-hydrogen) atoms. The lowest BCUT2D eigenvalue weighted by atomic mass is 10.1. The molecule has 5 aromatic heterocycles. The summed E-state index contributed by atoms with van der Waals surface area (Å²) in [6.07, 6.45) is 3.37. The lowest BCUT2D eigenvalue weighted by Gasteiger charge is -2.37. The van der Waals surface area contributed by atoms with Crippen molar-refractivity contribution < 1.29 is 0 Å². The summed E-state index contributed by atoms with van der Waals surface area (Å²) in [6.45, 7) is 0. The number of aromatic nitrogens is 7. The smallest absolute Gasteiger partial charge is 0.238 e. The van der Waals surface area contributed by atoms with E-state index in [1.165, 1.54) is 0 Å². The van der Waals surface area contributed by atoms with Crippen LogP contribution in [0, 0.1) is 0 Å². The summed E-state index contributed by atoms with van der Waals surface area (Å²) < 4.78 is 9.61. The van der Waals surface area contributed by atoms with Crippen LogP contribution in [0.4, 0.5) is 0 Å². The molecule has 0 N–H and O–H groups in total. The van der Waals surface area contributed by atoms with Crippen molar-refractivity contribution in [2.75, 3.05) is 0 Å². The van der Waals surface area contributed by atoms with Crippen LogP contribution in [-0.4, -0.2) is 39.4 Å². The topological polar surface area (TPSA) is 84.8 Å². The van der Waals surface area contributed by atoms with Crippen molar-refractivity contribution >= 4 is 99.1 Å². The third-order valence-corrected chi connectivity index (χ3v) is 15.2. The minimum atomic E-state index is -0.554. The molecule has 0 amide bonds. The molecule has 1 aliphatic heterocycles. The standard InChI is InChI=1S/C67H42N9/c1-6-20-42(21-7-1)55-40-41-68-66(69-55)75-56-32-18-16-30-47(56)49-34-36-53-51-38-39-52-54-37-35-50-48-31-17-19-33-57(48)76(67-71-64(43-22-8-2-9-23-43)70-65(72-67)44-24-10-3-11-25-44)63(50)61(54)74(46-28-14-5-15-29-46)59(52)58(51)73(60(53)62(49)75)45-26-12-4-13-27-45/h1-41,66H/q-1. The molecule has 9 heteroatoms. The van der Waals surface area contributed by atoms with Crippen molar-refractivity contribution in [2.45, 2.75) is 6.29 Å². The molecule has 16 rings (SSSR count). The van der Waals surface area contributed by atoms with Crippen LogP contribution in [0.25, 0.3) is 138 Å². The number of nitrogens with zero attached hydrogens (tertiary/aromatic N) is 9. The Kier molecular flexibility index (Phi) is 9.19. The molecule has 0 spiro atoms.